The molecule has 2 N–H and O–H groups in total. The van der Waals surface area contributed by atoms with Crippen molar-refractivity contribution in [3.8, 4) is 0 Å². The molecule has 21 heavy (non-hydrogen) atoms. The van der Waals surface area contributed by atoms with Gasteiger partial charge in [0, 0.05) is 26.1 Å². The molecule has 4 aliphatic carbocycles. The molecule has 4 saturated carbocycles. The van der Waals surface area contributed by atoms with Gasteiger partial charge in [0.25, 0.3) is 0 Å². The first-order chi connectivity index (χ1) is 10.2. The molecule has 0 spiro atoms. The Morgan fingerprint density at radius 3 is 2.38 bits per heavy atom. The summed E-state index contributed by atoms with van der Waals surface area (Å²) in [6.07, 6.45) is 9.19. The summed E-state index contributed by atoms with van der Waals surface area (Å²) < 4.78 is 5.64. The van der Waals surface area contributed by atoms with Crippen molar-refractivity contribution in [2.45, 2.75) is 51.0 Å². The molecule has 0 aromatic heterocycles. The molecular formula is C17H28N2O2. The van der Waals surface area contributed by atoms with Crippen LogP contribution in [0.2, 0.25) is 0 Å². The fraction of sp³-hybridized carbons (Fsp3) is 0.941. The number of nitrogens with one attached hydrogen (secondary N) is 2. The molecule has 118 valence electrons. The van der Waals surface area contributed by atoms with Gasteiger partial charge in [-0.2, -0.15) is 0 Å². The number of morpholine rings is 1. The summed E-state index contributed by atoms with van der Waals surface area (Å²) in [5.74, 6) is 3.03. The van der Waals surface area contributed by atoms with Crippen LogP contribution in [0.5, 0.6) is 0 Å². The molecule has 5 aliphatic rings. The highest BCUT2D eigenvalue weighted by Gasteiger charge is 2.51. The van der Waals surface area contributed by atoms with E-state index in [2.05, 4.69) is 10.6 Å². The van der Waals surface area contributed by atoms with Crippen LogP contribution in [0.1, 0.15) is 44.9 Å². The minimum atomic E-state index is 0.152. The fourth-order valence-corrected chi connectivity index (χ4v) is 5.89. The summed E-state index contributed by atoms with van der Waals surface area (Å²) in [7, 11) is 0. The lowest BCUT2D eigenvalue weighted by Crippen LogP contribution is -2.49. The third-order valence-electron chi connectivity index (χ3n) is 6.23. The van der Waals surface area contributed by atoms with Gasteiger partial charge in [0.05, 0.1) is 12.7 Å². The summed E-state index contributed by atoms with van der Waals surface area (Å²) in [6, 6.07) is 0. The first-order valence-electron chi connectivity index (χ1n) is 8.80. The molecule has 1 unspecified atom stereocenters. The highest BCUT2D eigenvalue weighted by Crippen LogP contribution is 2.61. The molecule has 5 fully saturated rings. The largest absolute Gasteiger partial charge is 0.374 e. The minimum Gasteiger partial charge on any atom is -0.374 e. The molecule has 4 bridgehead atoms. The van der Waals surface area contributed by atoms with Gasteiger partial charge in [-0.05, 0) is 61.7 Å². The topological polar surface area (TPSA) is 50.4 Å². The van der Waals surface area contributed by atoms with Crippen LogP contribution in [0.3, 0.4) is 0 Å². The van der Waals surface area contributed by atoms with Gasteiger partial charge in [0.2, 0.25) is 5.91 Å². The Morgan fingerprint density at radius 2 is 1.81 bits per heavy atom. The van der Waals surface area contributed by atoms with E-state index in [0.717, 1.165) is 43.9 Å². The zero-order valence-corrected chi connectivity index (χ0v) is 12.9. The maximum Gasteiger partial charge on any atom is 0.220 e. The number of rotatable bonds is 4. The second kappa shape index (κ2) is 5.54. The summed E-state index contributed by atoms with van der Waals surface area (Å²) in [6.45, 7) is 3.21. The van der Waals surface area contributed by atoms with E-state index in [1.165, 1.54) is 38.5 Å². The van der Waals surface area contributed by atoms with Crippen LogP contribution in [0.25, 0.3) is 0 Å². The third-order valence-corrected chi connectivity index (χ3v) is 6.23. The van der Waals surface area contributed by atoms with Crippen LogP contribution in [0.4, 0.5) is 0 Å². The maximum absolute atomic E-state index is 12.4. The van der Waals surface area contributed by atoms with E-state index in [1.807, 2.05) is 0 Å². The van der Waals surface area contributed by atoms with E-state index in [-0.39, 0.29) is 12.0 Å². The standard InChI is InChI=1S/C17H28N2O2/c20-16(19-11-15-10-18-1-2-21-15)9-17-6-12-3-13(7-17)5-14(4-12)8-17/h12-15,18H,1-11H2,(H,19,20). The predicted octanol–water partition coefficient (Wildman–Crippen LogP) is 1.70. The van der Waals surface area contributed by atoms with Crippen molar-refractivity contribution in [3.63, 3.8) is 0 Å². The second-order valence-corrected chi connectivity index (χ2v) is 8.10. The first-order valence-corrected chi connectivity index (χ1v) is 8.80. The molecule has 4 nitrogen and oxygen atoms in total. The zero-order chi connectivity index (χ0) is 14.3. The summed E-state index contributed by atoms with van der Waals surface area (Å²) in [4.78, 5) is 12.4. The fourth-order valence-electron chi connectivity index (χ4n) is 5.89. The summed E-state index contributed by atoms with van der Waals surface area (Å²) in [5, 5.41) is 6.43. The first kappa shape index (κ1) is 14.0. The summed E-state index contributed by atoms with van der Waals surface area (Å²) in [5.41, 5.74) is 0.352. The van der Waals surface area contributed by atoms with Crippen LogP contribution >= 0.6 is 0 Å². The van der Waals surface area contributed by atoms with Crippen molar-refractivity contribution in [3.05, 3.63) is 0 Å². The van der Waals surface area contributed by atoms with Crippen LogP contribution in [-0.4, -0.2) is 38.3 Å². The Hall–Kier alpha value is -0.610. The predicted molar refractivity (Wildman–Crippen MR) is 80.8 cm³/mol. The van der Waals surface area contributed by atoms with Gasteiger partial charge in [-0.15, -0.1) is 0 Å². The average molecular weight is 292 g/mol. The van der Waals surface area contributed by atoms with Crippen LogP contribution in [0.15, 0.2) is 0 Å². The van der Waals surface area contributed by atoms with Gasteiger partial charge in [-0.3, -0.25) is 4.79 Å². The molecule has 1 aliphatic heterocycles. The number of hydrogen-bond donors (Lipinski definition) is 2. The normalized spacial score (nSPS) is 44.8. The number of hydrogen-bond acceptors (Lipinski definition) is 3. The van der Waals surface area contributed by atoms with E-state index < -0.39 is 0 Å². The monoisotopic (exact) mass is 292 g/mol. The molecule has 0 aromatic rings. The highest BCUT2D eigenvalue weighted by atomic mass is 16.5. The Morgan fingerprint density at radius 1 is 1.14 bits per heavy atom. The molecule has 0 radical (unpaired) electrons. The van der Waals surface area contributed by atoms with E-state index in [0.29, 0.717) is 12.0 Å². The Kier molecular flexibility index (Phi) is 3.70. The van der Waals surface area contributed by atoms with Crippen LogP contribution in [0, 0.1) is 23.2 Å². The molecule has 4 heteroatoms. The van der Waals surface area contributed by atoms with Gasteiger partial charge in [-0.1, -0.05) is 0 Å². The molecule has 5 rings (SSSR count). The van der Waals surface area contributed by atoms with Gasteiger partial charge in [0.1, 0.15) is 0 Å². The summed E-state index contributed by atoms with van der Waals surface area (Å²) >= 11 is 0. The molecule has 0 aromatic carbocycles. The Balaban J connectivity index is 1.30. The van der Waals surface area contributed by atoms with E-state index in [4.69, 9.17) is 4.74 Å². The van der Waals surface area contributed by atoms with Crippen molar-refractivity contribution in [1.82, 2.24) is 10.6 Å². The van der Waals surface area contributed by atoms with Crippen molar-refractivity contribution in [2.75, 3.05) is 26.2 Å². The maximum atomic E-state index is 12.4. The van der Waals surface area contributed by atoms with Crippen molar-refractivity contribution in [1.29, 1.82) is 0 Å². The lowest BCUT2D eigenvalue weighted by Gasteiger charge is -2.56. The zero-order valence-electron chi connectivity index (χ0n) is 12.9. The van der Waals surface area contributed by atoms with Crippen molar-refractivity contribution in [2.24, 2.45) is 23.2 Å². The minimum absolute atomic E-state index is 0.152. The number of ether oxygens (including phenoxy) is 1. The molecule has 1 amide bonds. The Labute approximate surface area is 127 Å². The number of carbonyl (C=O) groups is 1. The quantitative estimate of drug-likeness (QED) is 0.829. The molecule has 1 heterocycles. The van der Waals surface area contributed by atoms with Crippen LogP contribution in [-0.2, 0) is 9.53 Å². The van der Waals surface area contributed by atoms with Crippen molar-refractivity contribution < 1.29 is 9.53 Å². The molecule has 1 saturated heterocycles. The lowest BCUT2D eigenvalue weighted by molar-refractivity contribution is -0.130. The Bertz CT molecular complexity index is 368. The van der Waals surface area contributed by atoms with E-state index >= 15 is 0 Å². The lowest BCUT2D eigenvalue weighted by atomic mass is 9.49. The van der Waals surface area contributed by atoms with E-state index in [1.54, 1.807) is 0 Å². The van der Waals surface area contributed by atoms with Gasteiger partial charge >= 0.3 is 0 Å². The van der Waals surface area contributed by atoms with Gasteiger partial charge < -0.3 is 15.4 Å². The molecular weight excluding hydrogens is 264 g/mol. The van der Waals surface area contributed by atoms with Crippen molar-refractivity contribution >= 4 is 5.91 Å². The average Bonchev–Trinajstić information content (AvgIpc) is 2.44. The SMILES string of the molecule is O=C(CC12CC3CC(CC(C3)C1)C2)NCC1CNCCO1. The second-order valence-electron chi connectivity index (χ2n) is 8.10. The van der Waals surface area contributed by atoms with Crippen LogP contribution < -0.4 is 10.6 Å². The van der Waals surface area contributed by atoms with Gasteiger partial charge in [-0.25, -0.2) is 0 Å². The highest BCUT2D eigenvalue weighted by molar-refractivity contribution is 5.76. The molecule has 1 atom stereocenters. The van der Waals surface area contributed by atoms with E-state index in [9.17, 15) is 4.79 Å². The number of carbonyl (C=O) groups excluding carboxylic acids is 1. The number of amides is 1. The van der Waals surface area contributed by atoms with Gasteiger partial charge in [0.15, 0.2) is 0 Å². The third kappa shape index (κ3) is 2.98. The smallest absolute Gasteiger partial charge is 0.220 e.